The van der Waals surface area contributed by atoms with Gasteiger partial charge in [-0.2, -0.15) is 0 Å². The zero-order valence-corrected chi connectivity index (χ0v) is 27.8. The number of benzene rings is 1. The molecule has 5 aliphatic rings. The molecule has 1 aromatic rings. The van der Waals surface area contributed by atoms with Crippen LogP contribution in [0.15, 0.2) is 54.6 Å². The van der Waals surface area contributed by atoms with E-state index in [4.69, 9.17) is 9.47 Å². The Hall–Kier alpha value is -3.50. The molecule has 1 saturated carbocycles. The van der Waals surface area contributed by atoms with Crippen LogP contribution in [-0.4, -0.2) is 87.6 Å². The number of carbonyl (C=O) groups is 4. The second-order valence-corrected chi connectivity index (χ2v) is 14.0. The molecule has 6 rings (SSSR count). The van der Waals surface area contributed by atoms with Gasteiger partial charge in [0.2, 0.25) is 17.7 Å². The summed E-state index contributed by atoms with van der Waals surface area (Å²) in [5, 5.41) is 13.7. The molecule has 2 N–H and O–H groups in total. The average molecular weight is 648 g/mol. The van der Waals surface area contributed by atoms with Gasteiger partial charge in [-0.1, -0.05) is 94.2 Å². The van der Waals surface area contributed by atoms with E-state index in [2.05, 4.69) is 5.32 Å². The lowest BCUT2D eigenvalue weighted by Gasteiger charge is -2.42. The summed E-state index contributed by atoms with van der Waals surface area (Å²) in [6.07, 6.45) is 12.0. The summed E-state index contributed by atoms with van der Waals surface area (Å²) in [6.45, 7) is 5.86. The highest BCUT2D eigenvalue weighted by Gasteiger charge is 2.73. The molecule has 1 spiro atoms. The fraction of sp³-hybridized carbons (Fsp3) is 0.622. The van der Waals surface area contributed by atoms with E-state index in [1.54, 1.807) is 17.9 Å². The van der Waals surface area contributed by atoms with E-state index >= 15 is 0 Å². The molecular weight excluding hydrogens is 598 g/mol. The summed E-state index contributed by atoms with van der Waals surface area (Å²) in [4.78, 5) is 60.5. The Bertz CT molecular complexity index is 1390. The number of cyclic esters (lactones) is 1. The third kappa shape index (κ3) is 6.03. The number of allylic oxidation sites excluding steroid dienone is 1. The van der Waals surface area contributed by atoms with Gasteiger partial charge in [0.1, 0.15) is 23.7 Å². The normalized spacial score (nSPS) is 35.4. The lowest BCUT2D eigenvalue weighted by atomic mass is 9.77. The maximum Gasteiger partial charge on any atom is 0.313 e. The number of carbonyl (C=O) groups excluding carboxylic acids is 4. The first kappa shape index (κ1) is 33.4. The highest BCUT2D eigenvalue weighted by molar-refractivity contribution is 5.99. The Morgan fingerprint density at radius 3 is 2.49 bits per heavy atom. The van der Waals surface area contributed by atoms with Gasteiger partial charge in [0, 0.05) is 19.0 Å². The minimum Gasteiger partial charge on any atom is -0.455 e. The molecule has 3 fully saturated rings. The van der Waals surface area contributed by atoms with Crippen molar-refractivity contribution in [2.24, 2.45) is 17.8 Å². The first-order valence-corrected chi connectivity index (χ1v) is 17.5. The number of hydrogen-bond donors (Lipinski definition) is 2. The van der Waals surface area contributed by atoms with Gasteiger partial charge < -0.3 is 29.7 Å². The number of rotatable bonds is 6. The maximum atomic E-state index is 14.9. The van der Waals surface area contributed by atoms with Crippen LogP contribution in [0.3, 0.4) is 0 Å². The molecule has 4 heterocycles. The third-order valence-electron chi connectivity index (χ3n) is 11.2. The minimum absolute atomic E-state index is 0.0563. The lowest BCUT2D eigenvalue weighted by Crippen LogP contribution is -2.60. The van der Waals surface area contributed by atoms with Crippen LogP contribution in [0.5, 0.6) is 0 Å². The van der Waals surface area contributed by atoms with Gasteiger partial charge in [-0.15, -0.1) is 0 Å². The van der Waals surface area contributed by atoms with Crippen LogP contribution in [-0.2, 0) is 28.7 Å². The maximum absolute atomic E-state index is 14.9. The molecule has 10 nitrogen and oxygen atoms in total. The Balaban J connectivity index is 1.45. The third-order valence-corrected chi connectivity index (χ3v) is 11.2. The van der Waals surface area contributed by atoms with Crippen molar-refractivity contribution in [2.75, 3.05) is 13.2 Å². The first-order chi connectivity index (χ1) is 22.7. The van der Waals surface area contributed by atoms with Crippen molar-refractivity contribution in [3.63, 3.8) is 0 Å². The van der Waals surface area contributed by atoms with Crippen LogP contribution in [0.4, 0.5) is 0 Å². The van der Waals surface area contributed by atoms with Crippen molar-refractivity contribution in [2.45, 2.75) is 114 Å². The topological polar surface area (TPSA) is 125 Å². The molecule has 2 saturated heterocycles. The predicted octanol–water partition coefficient (Wildman–Crippen LogP) is 3.84. The molecule has 3 amide bonds. The van der Waals surface area contributed by atoms with Crippen LogP contribution in [0.1, 0.15) is 83.8 Å². The van der Waals surface area contributed by atoms with Gasteiger partial charge in [-0.05, 0) is 37.7 Å². The Labute approximate surface area is 277 Å². The summed E-state index contributed by atoms with van der Waals surface area (Å²) >= 11 is 0. The number of nitrogens with one attached hydrogen (secondary N) is 1. The van der Waals surface area contributed by atoms with E-state index in [0.717, 1.165) is 32.1 Å². The lowest BCUT2D eigenvalue weighted by molar-refractivity contribution is -0.162. The SMILES string of the molecule is CC[C@H](C)[C@H](CO)N1C(=O)[C@H]2[C@@H]3C(=O)O[C@@H](c4ccccc4)[C@H](C)NC(=O)CC/C=C\[C@@H]3O[C@]23C=CCN(C2CCCCC2)C(=O)[C@H]13. The van der Waals surface area contributed by atoms with Crippen molar-refractivity contribution >= 4 is 23.7 Å². The molecule has 0 aromatic heterocycles. The molecular formula is C37H49N3O7. The van der Waals surface area contributed by atoms with Gasteiger partial charge in [0.25, 0.3) is 0 Å². The second-order valence-electron chi connectivity index (χ2n) is 14.0. The quantitative estimate of drug-likeness (QED) is 0.355. The van der Waals surface area contributed by atoms with E-state index in [-0.39, 0.29) is 42.7 Å². The molecule has 0 bridgehead atoms. The molecule has 1 aromatic carbocycles. The molecule has 1 aliphatic carbocycles. The molecule has 9 atom stereocenters. The molecule has 254 valence electrons. The summed E-state index contributed by atoms with van der Waals surface area (Å²) in [7, 11) is 0. The largest absolute Gasteiger partial charge is 0.455 e. The number of aliphatic hydroxyl groups is 1. The number of ether oxygens (including phenoxy) is 2. The van der Waals surface area contributed by atoms with Crippen LogP contribution in [0, 0.1) is 17.8 Å². The average Bonchev–Trinajstić information content (AvgIpc) is 3.46. The Kier molecular flexibility index (Phi) is 9.90. The number of esters is 1. The zero-order valence-electron chi connectivity index (χ0n) is 27.8. The highest BCUT2D eigenvalue weighted by atomic mass is 16.6. The number of amides is 3. The van der Waals surface area contributed by atoms with Crippen molar-refractivity contribution in [3.05, 3.63) is 60.2 Å². The van der Waals surface area contributed by atoms with Crippen LogP contribution < -0.4 is 5.32 Å². The Morgan fingerprint density at radius 2 is 1.79 bits per heavy atom. The van der Waals surface area contributed by atoms with E-state index in [1.807, 2.05) is 67.3 Å². The molecule has 47 heavy (non-hydrogen) atoms. The highest BCUT2D eigenvalue weighted by Crippen LogP contribution is 2.54. The van der Waals surface area contributed by atoms with Gasteiger partial charge >= 0.3 is 5.97 Å². The summed E-state index contributed by atoms with van der Waals surface area (Å²) < 4.78 is 13.2. The number of nitrogens with zero attached hydrogens (tertiary/aromatic N) is 2. The fourth-order valence-corrected chi connectivity index (χ4v) is 8.55. The standard InChI is InChI=1S/C37H49N3O7/c1-4-23(2)27(22-41)40-33-35(44)39(26-16-9-6-10-17-26)21-13-20-37(33)31(34(40)43)30-28(47-37)18-11-12-19-29(42)38-24(3)32(46-36(30)45)25-14-7-5-8-15-25/h5,7-8,11,13-15,18,20,23-24,26-28,30-33,41H,4,6,9-10,12,16-17,19,21-22H2,1-3H3,(H,38,42)/b18-11-/t23-,24-,27-,28-,30+,31+,32+,33-,37+/m0/s1. The summed E-state index contributed by atoms with van der Waals surface area (Å²) in [5.41, 5.74) is -0.715. The van der Waals surface area contributed by atoms with E-state index in [0.29, 0.717) is 24.9 Å². The van der Waals surface area contributed by atoms with Crippen LogP contribution in [0.2, 0.25) is 0 Å². The van der Waals surface area contributed by atoms with Gasteiger partial charge in [-0.25, -0.2) is 0 Å². The van der Waals surface area contributed by atoms with E-state index in [9.17, 15) is 24.3 Å². The predicted molar refractivity (Wildman–Crippen MR) is 175 cm³/mol. The van der Waals surface area contributed by atoms with Crippen molar-refractivity contribution < 1.29 is 33.8 Å². The van der Waals surface area contributed by atoms with Gasteiger partial charge in [-0.3, -0.25) is 19.2 Å². The van der Waals surface area contributed by atoms with Crippen LogP contribution in [0.25, 0.3) is 0 Å². The molecule has 4 aliphatic heterocycles. The number of aliphatic hydroxyl groups excluding tert-OH is 1. The number of likely N-dealkylation sites (tertiary alicyclic amines) is 1. The number of hydrogen-bond acceptors (Lipinski definition) is 7. The Morgan fingerprint density at radius 1 is 1.04 bits per heavy atom. The van der Waals surface area contributed by atoms with E-state index < -0.39 is 53.7 Å². The smallest absolute Gasteiger partial charge is 0.313 e. The summed E-state index contributed by atoms with van der Waals surface area (Å²) in [6, 6.07) is 7.11. The molecule has 10 heteroatoms. The summed E-state index contributed by atoms with van der Waals surface area (Å²) in [5.74, 6) is -3.54. The monoisotopic (exact) mass is 647 g/mol. The van der Waals surface area contributed by atoms with E-state index in [1.165, 1.54) is 0 Å². The minimum atomic E-state index is -1.43. The first-order valence-electron chi connectivity index (χ1n) is 17.5. The van der Waals surface area contributed by atoms with Crippen molar-refractivity contribution in [1.82, 2.24) is 15.1 Å². The zero-order chi connectivity index (χ0) is 33.3. The second kappa shape index (κ2) is 13.9. The van der Waals surface area contributed by atoms with Crippen molar-refractivity contribution in [3.8, 4) is 0 Å². The van der Waals surface area contributed by atoms with Crippen LogP contribution >= 0.6 is 0 Å². The van der Waals surface area contributed by atoms with Crippen molar-refractivity contribution in [1.29, 1.82) is 0 Å². The molecule has 0 unspecified atom stereocenters. The number of fused-ring (bicyclic) bond motifs is 2. The fourth-order valence-electron chi connectivity index (χ4n) is 8.55. The van der Waals surface area contributed by atoms with Gasteiger partial charge in [0.05, 0.1) is 30.7 Å². The molecule has 0 radical (unpaired) electrons. The van der Waals surface area contributed by atoms with Gasteiger partial charge in [0.15, 0.2) is 0 Å².